The van der Waals surface area contributed by atoms with Crippen molar-refractivity contribution in [3.05, 3.63) is 36.4 Å². The molecule has 0 aliphatic carbocycles. The molecule has 5 heteroatoms. The molecule has 0 saturated heterocycles. The van der Waals surface area contributed by atoms with Crippen molar-refractivity contribution in [2.24, 2.45) is 7.05 Å². The fourth-order valence-corrected chi connectivity index (χ4v) is 3.04. The third kappa shape index (κ3) is 4.11. The van der Waals surface area contributed by atoms with E-state index in [1.54, 1.807) is 0 Å². The number of rotatable bonds is 8. The Labute approximate surface area is 155 Å². The summed E-state index contributed by atoms with van der Waals surface area (Å²) in [6.45, 7) is 3.18. The van der Waals surface area contributed by atoms with E-state index in [1.165, 1.54) is 21.8 Å². The van der Waals surface area contributed by atoms with Crippen molar-refractivity contribution in [2.75, 3.05) is 54.5 Å². The summed E-state index contributed by atoms with van der Waals surface area (Å²) in [6.07, 6.45) is 0. The summed E-state index contributed by atoms with van der Waals surface area (Å²) >= 11 is 0. The second-order valence-electron chi connectivity index (χ2n) is 7.22. The van der Waals surface area contributed by atoms with Crippen molar-refractivity contribution in [3.8, 4) is 11.5 Å². The molecular weight excluding hydrogens is 326 g/mol. The minimum absolute atomic E-state index is 0.687. The number of aryl methyl sites for hydroxylation is 1. The van der Waals surface area contributed by atoms with Crippen molar-refractivity contribution in [1.82, 2.24) is 14.4 Å². The van der Waals surface area contributed by atoms with Crippen LogP contribution in [0.1, 0.15) is 0 Å². The molecule has 1 aromatic heterocycles. The van der Waals surface area contributed by atoms with E-state index in [1.807, 2.05) is 6.07 Å². The van der Waals surface area contributed by atoms with Crippen LogP contribution < -0.4 is 9.47 Å². The minimum atomic E-state index is 0.687. The quantitative estimate of drug-likeness (QED) is 0.621. The zero-order valence-corrected chi connectivity index (χ0v) is 16.5. The molecule has 3 rings (SSSR count). The fraction of sp³-hybridized carbons (Fsp3) is 0.429. The molecule has 140 valence electrons. The molecule has 3 aromatic rings. The lowest BCUT2D eigenvalue weighted by molar-refractivity contribution is 0.261. The number of likely N-dealkylation sites (N-methyl/N-ethyl adjacent to an activating group) is 2. The maximum absolute atomic E-state index is 5.90. The van der Waals surface area contributed by atoms with E-state index >= 15 is 0 Å². The fourth-order valence-electron chi connectivity index (χ4n) is 3.04. The Balaban J connectivity index is 1.86. The molecule has 0 amide bonds. The van der Waals surface area contributed by atoms with Gasteiger partial charge in [0.05, 0.1) is 5.52 Å². The summed E-state index contributed by atoms with van der Waals surface area (Å²) in [7, 11) is 10.3. The average Bonchev–Trinajstić information content (AvgIpc) is 2.86. The largest absolute Gasteiger partial charge is 0.492 e. The Hall–Kier alpha value is -2.24. The highest BCUT2D eigenvalue weighted by molar-refractivity contribution is 6.08. The van der Waals surface area contributed by atoms with Gasteiger partial charge in [0, 0.05) is 42.5 Å². The Bertz CT molecular complexity index is 884. The molecule has 0 bridgehead atoms. The maximum Gasteiger partial charge on any atom is 0.121 e. The maximum atomic E-state index is 5.90. The number of aromatic nitrogens is 1. The first-order valence-corrected chi connectivity index (χ1v) is 9.03. The number of hydrogen-bond acceptors (Lipinski definition) is 4. The molecule has 0 unspecified atom stereocenters. The van der Waals surface area contributed by atoms with Gasteiger partial charge < -0.3 is 23.8 Å². The van der Waals surface area contributed by atoms with Crippen molar-refractivity contribution in [2.45, 2.75) is 0 Å². The molecule has 1 heterocycles. The van der Waals surface area contributed by atoms with Gasteiger partial charge in [0.15, 0.2) is 0 Å². The van der Waals surface area contributed by atoms with Crippen LogP contribution in [0.4, 0.5) is 0 Å². The van der Waals surface area contributed by atoms with E-state index in [4.69, 9.17) is 9.47 Å². The second kappa shape index (κ2) is 7.98. The number of benzene rings is 2. The van der Waals surface area contributed by atoms with Gasteiger partial charge in [0.25, 0.3) is 0 Å². The van der Waals surface area contributed by atoms with Crippen LogP contribution in [0.2, 0.25) is 0 Å². The molecule has 5 nitrogen and oxygen atoms in total. The van der Waals surface area contributed by atoms with Crippen molar-refractivity contribution in [1.29, 1.82) is 0 Å². The molecule has 2 aromatic carbocycles. The summed E-state index contributed by atoms with van der Waals surface area (Å²) in [6, 6.07) is 12.6. The number of nitrogens with zero attached hydrogens (tertiary/aromatic N) is 3. The predicted octanol–water partition coefficient (Wildman–Crippen LogP) is 3.21. The van der Waals surface area contributed by atoms with Gasteiger partial charge in [0.1, 0.15) is 24.7 Å². The second-order valence-corrected chi connectivity index (χ2v) is 7.22. The highest BCUT2D eigenvalue weighted by Gasteiger charge is 2.10. The minimum Gasteiger partial charge on any atom is -0.492 e. The van der Waals surface area contributed by atoms with E-state index in [9.17, 15) is 0 Å². The predicted molar refractivity (Wildman–Crippen MR) is 109 cm³/mol. The summed E-state index contributed by atoms with van der Waals surface area (Å²) in [5.74, 6) is 1.82. The average molecular weight is 355 g/mol. The van der Waals surface area contributed by atoms with Gasteiger partial charge in [-0.3, -0.25) is 0 Å². The first-order chi connectivity index (χ1) is 12.5. The van der Waals surface area contributed by atoms with Gasteiger partial charge in [-0.15, -0.1) is 0 Å². The molecule has 0 aliphatic rings. The molecule has 0 aliphatic heterocycles. The van der Waals surface area contributed by atoms with Crippen molar-refractivity contribution in [3.63, 3.8) is 0 Å². The Morgan fingerprint density at radius 3 is 1.92 bits per heavy atom. The molecular formula is C21H29N3O2. The zero-order chi connectivity index (χ0) is 18.7. The first kappa shape index (κ1) is 18.5. The topological polar surface area (TPSA) is 29.9 Å². The Morgan fingerprint density at radius 2 is 1.31 bits per heavy atom. The summed E-state index contributed by atoms with van der Waals surface area (Å²) in [4.78, 5) is 4.24. The van der Waals surface area contributed by atoms with Crippen molar-refractivity contribution < 1.29 is 9.47 Å². The van der Waals surface area contributed by atoms with E-state index in [-0.39, 0.29) is 0 Å². The number of hydrogen-bond donors (Lipinski definition) is 0. The standard InChI is InChI=1S/C21H29N3O2/c1-22(2)10-12-25-16-7-9-20-19(14-16)18-8-6-17(15-21(18)24(20)5)26-13-11-23(3)4/h6-9,14-15H,10-13H2,1-5H3. The molecule has 0 N–H and O–H groups in total. The van der Waals surface area contributed by atoms with Gasteiger partial charge >= 0.3 is 0 Å². The highest BCUT2D eigenvalue weighted by Crippen LogP contribution is 2.33. The van der Waals surface area contributed by atoms with Crippen LogP contribution in [0.25, 0.3) is 21.8 Å². The van der Waals surface area contributed by atoms with Crippen LogP contribution in [-0.2, 0) is 7.05 Å². The van der Waals surface area contributed by atoms with Crippen molar-refractivity contribution >= 4 is 21.8 Å². The van der Waals surface area contributed by atoms with E-state index in [2.05, 4.69) is 79.9 Å². The van der Waals surface area contributed by atoms with Crippen LogP contribution in [0.3, 0.4) is 0 Å². The van der Waals surface area contributed by atoms with Crippen LogP contribution >= 0.6 is 0 Å². The summed E-state index contributed by atoms with van der Waals surface area (Å²) < 4.78 is 14.0. The van der Waals surface area contributed by atoms with Crippen LogP contribution in [-0.4, -0.2) is 68.9 Å². The smallest absolute Gasteiger partial charge is 0.121 e. The molecule has 0 saturated carbocycles. The lowest BCUT2D eigenvalue weighted by atomic mass is 10.1. The van der Waals surface area contributed by atoms with Gasteiger partial charge in [-0.05, 0) is 58.5 Å². The van der Waals surface area contributed by atoms with E-state index in [0.717, 1.165) is 24.6 Å². The monoisotopic (exact) mass is 355 g/mol. The van der Waals surface area contributed by atoms with Gasteiger partial charge in [-0.25, -0.2) is 0 Å². The highest BCUT2D eigenvalue weighted by atomic mass is 16.5. The number of fused-ring (bicyclic) bond motifs is 3. The molecule has 26 heavy (non-hydrogen) atoms. The van der Waals surface area contributed by atoms with Crippen LogP contribution in [0.15, 0.2) is 36.4 Å². The van der Waals surface area contributed by atoms with Gasteiger partial charge in [-0.2, -0.15) is 0 Å². The lowest BCUT2D eigenvalue weighted by Crippen LogP contribution is -2.19. The van der Waals surface area contributed by atoms with E-state index in [0.29, 0.717) is 13.2 Å². The Kier molecular flexibility index (Phi) is 5.69. The molecule has 0 radical (unpaired) electrons. The SMILES string of the molecule is CN(C)CCOc1ccc2c(c1)c1ccc(OCCN(C)C)cc1n2C. The zero-order valence-electron chi connectivity index (χ0n) is 16.5. The summed E-state index contributed by atoms with van der Waals surface area (Å²) in [5, 5.41) is 2.44. The third-order valence-electron chi connectivity index (χ3n) is 4.56. The molecule has 0 fully saturated rings. The first-order valence-electron chi connectivity index (χ1n) is 9.03. The molecule has 0 spiro atoms. The third-order valence-corrected chi connectivity index (χ3v) is 4.56. The number of ether oxygens (including phenoxy) is 2. The van der Waals surface area contributed by atoms with Gasteiger partial charge in [0.2, 0.25) is 0 Å². The lowest BCUT2D eigenvalue weighted by Gasteiger charge is -2.11. The molecule has 0 atom stereocenters. The van der Waals surface area contributed by atoms with Crippen LogP contribution in [0.5, 0.6) is 11.5 Å². The van der Waals surface area contributed by atoms with Crippen LogP contribution in [0, 0.1) is 0 Å². The van der Waals surface area contributed by atoms with E-state index < -0.39 is 0 Å². The van der Waals surface area contributed by atoms with Gasteiger partial charge in [-0.1, -0.05) is 0 Å². The summed E-state index contributed by atoms with van der Waals surface area (Å²) in [5.41, 5.74) is 2.37. The Morgan fingerprint density at radius 1 is 0.731 bits per heavy atom. The normalized spacial score (nSPS) is 11.8.